The molecule has 21 heavy (non-hydrogen) atoms. The number of rotatable bonds is 3. The fraction of sp³-hybridized carbons (Fsp3) is 0.200. The molecule has 0 aliphatic rings. The number of Topliss-reactive ketones (excluding diaryl/α,β-unsaturated/α-hetero) is 1. The van der Waals surface area contributed by atoms with Crippen LogP contribution in [0.3, 0.4) is 0 Å². The molecule has 6 nitrogen and oxygen atoms in total. The first-order valence-corrected chi connectivity index (χ1v) is 6.25. The van der Waals surface area contributed by atoms with Gasteiger partial charge < -0.3 is 0 Å². The van der Waals surface area contributed by atoms with E-state index in [4.69, 9.17) is 5.26 Å². The van der Waals surface area contributed by atoms with E-state index in [0.717, 1.165) is 4.57 Å². The SMILES string of the molecule is CC(=O)c1cn(Cc2ccccc2C#N)c(=O)n(C)c1=O. The summed E-state index contributed by atoms with van der Waals surface area (Å²) in [4.78, 5) is 35.4. The van der Waals surface area contributed by atoms with Crippen molar-refractivity contribution >= 4 is 5.78 Å². The number of nitrogens with zero attached hydrogens (tertiary/aromatic N) is 3. The molecule has 0 saturated carbocycles. The number of hydrogen-bond acceptors (Lipinski definition) is 4. The fourth-order valence-electron chi connectivity index (χ4n) is 2.03. The number of benzene rings is 1. The van der Waals surface area contributed by atoms with Crippen LogP contribution in [-0.4, -0.2) is 14.9 Å². The summed E-state index contributed by atoms with van der Waals surface area (Å²) in [6, 6.07) is 8.91. The van der Waals surface area contributed by atoms with E-state index in [-0.39, 0.29) is 12.1 Å². The van der Waals surface area contributed by atoms with Gasteiger partial charge in [-0.15, -0.1) is 0 Å². The van der Waals surface area contributed by atoms with Gasteiger partial charge in [-0.25, -0.2) is 4.79 Å². The molecule has 0 aliphatic carbocycles. The van der Waals surface area contributed by atoms with E-state index in [0.29, 0.717) is 11.1 Å². The van der Waals surface area contributed by atoms with Gasteiger partial charge in [-0.2, -0.15) is 5.26 Å². The quantitative estimate of drug-likeness (QED) is 0.775. The van der Waals surface area contributed by atoms with Gasteiger partial charge in [0.2, 0.25) is 0 Å². The lowest BCUT2D eigenvalue weighted by molar-refractivity contribution is 0.101. The maximum atomic E-state index is 12.1. The summed E-state index contributed by atoms with van der Waals surface area (Å²) in [6.07, 6.45) is 1.25. The van der Waals surface area contributed by atoms with Crippen LogP contribution in [-0.2, 0) is 13.6 Å². The summed E-state index contributed by atoms with van der Waals surface area (Å²) in [5.41, 5.74) is -0.0977. The third-order valence-electron chi connectivity index (χ3n) is 3.21. The molecule has 106 valence electrons. The lowest BCUT2D eigenvalue weighted by atomic mass is 10.1. The Morgan fingerprint density at radius 1 is 1.29 bits per heavy atom. The van der Waals surface area contributed by atoms with Gasteiger partial charge in [-0.1, -0.05) is 18.2 Å². The third-order valence-corrected chi connectivity index (χ3v) is 3.21. The Balaban J connectivity index is 2.61. The van der Waals surface area contributed by atoms with Crippen molar-refractivity contribution in [1.29, 1.82) is 5.26 Å². The van der Waals surface area contributed by atoms with Gasteiger partial charge in [0.05, 0.1) is 23.7 Å². The molecule has 0 spiro atoms. The van der Waals surface area contributed by atoms with E-state index in [1.54, 1.807) is 24.3 Å². The molecule has 0 aliphatic heterocycles. The second-order valence-corrected chi connectivity index (χ2v) is 4.64. The number of nitriles is 1. The highest BCUT2D eigenvalue weighted by atomic mass is 16.2. The summed E-state index contributed by atoms with van der Waals surface area (Å²) in [7, 11) is 1.32. The minimum atomic E-state index is -0.614. The first-order chi connectivity index (χ1) is 9.95. The molecule has 1 aromatic carbocycles. The topological polar surface area (TPSA) is 84.9 Å². The zero-order valence-corrected chi connectivity index (χ0v) is 11.7. The molecule has 0 atom stereocenters. The summed E-state index contributed by atoms with van der Waals surface area (Å²) in [5.74, 6) is -0.405. The van der Waals surface area contributed by atoms with Gasteiger partial charge in [-0.05, 0) is 18.6 Å². The molecule has 0 bridgehead atoms. The van der Waals surface area contributed by atoms with Crippen molar-refractivity contribution in [1.82, 2.24) is 9.13 Å². The summed E-state index contributed by atoms with van der Waals surface area (Å²) in [5, 5.41) is 9.06. The van der Waals surface area contributed by atoms with Crippen molar-refractivity contribution in [2.24, 2.45) is 7.05 Å². The van der Waals surface area contributed by atoms with Crippen LogP contribution in [0.4, 0.5) is 0 Å². The largest absolute Gasteiger partial charge is 0.331 e. The third kappa shape index (κ3) is 2.67. The molecule has 0 N–H and O–H groups in total. The highest BCUT2D eigenvalue weighted by Crippen LogP contribution is 2.08. The van der Waals surface area contributed by atoms with E-state index in [2.05, 4.69) is 0 Å². The molecule has 0 amide bonds. The van der Waals surface area contributed by atoms with Gasteiger partial charge in [0.25, 0.3) is 5.56 Å². The monoisotopic (exact) mass is 283 g/mol. The Bertz CT molecular complexity index is 869. The van der Waals surface area contributed by atoms with Crippen molar-refractivity contribution < 1.29 is 4.79 Å². The summed E-state index contributed by atoms with van der Waals surface area (Å²) >= 11 is 0. The van der Waals surface area contributed by atoms with Crippen LogP contribution in [0.25, 0.3) is 0 Å². The molecular weight excluding hydrogens is 270 g/mol. The van der Waals surface area contributed by atoms with Crippen LogP contribution in [0.1, 0.15) is 28.4 Å². The predicted octanol–water partition coefficient (Wildman–Crippen LogP) is 0.670. The Morgan fingerprint density at radius 2 is 1.95 bits per heavy atom. The second kappa shape index (κ2) is 5.59. The molecule has 2 aromatic rings. The maximum absolute atomic E-state index is 12.1. The van der Waals surface area contributed by atoms with Gasteiger partial charge in [0.1, 0.15) is 0 Å². The van der Waals surface area contributed by atoms with E-state index < -0.39 is 17.0 Å². The zero-order valence-electron chi connectivity index (χ0n) is 11.7. The average molecular weight is 283 g/mol. The van der Waals surface area contributed by atoms with Gasteiger partial charge in [0.15, 0.2) is 5.78 Å². The Hall–Kier alpha value is -2.94. The lowest BCUT2D eigenvalue weighted by Crippen LogP contribution is -2.40. The number of carbonyl (C=O) groups is 1. The summed E-state index contributed by atoms with van der Waals surface area (Å²) < 4.78 is 2.15. The molecule has 2 rings (SSSR count). The average Bonchev–Trinajstić information content (AvgIpc) is 2.48. The molecule has 0 fully saturated rings. The van der Waals surface area contributed by atoms with E-state index in [1.807, 2.05) is 6.07 Å². The molecule has 1 heterocycles. The maximum Gasteiger partial charge on any atom is 0.331 e. The van der Waals surface area contributed by atoms with E-state index >= 15 is 0 Å². The highest BCUT2D eigenvalue weighted by molar-refractivity contribution is 5.93. The predicted molar refractivity (Wildman–Crippen MR) is 76.2 cm³/mol. The molecule has 6 heteroatoms. The number of aromatic nitrogens is 2. The minimum Gasteiger partial charge on any atom is -0.295 e. The van der Waals surface area contributed by atoms with Crippen molar-refractivity contribution in [3.05, 3.63) is 68.0 Å². The Kier molecular flexibility index (Phi) is 3.85. The van der Waals surface area contributed by atoms with Crippen LogP contribution in [0.5, 0.6) is 0 Å². The fourth-order valence-corrected chi connectivity index (χ4v) is 2.03. The van der Waals surface area contributed by atoms with Gasteiger partial charge in [0, 0.05) is 13.2 Å². The van der Waals surface area contributed by atoms with Crippen LogP contribution in [0.2, 0.25) is 0 Å². The zero-order chi connectivity index (χ0) is 15.6. The highest BCUT2D eigenvalue weighted by Gasteiger charge is 2.13. The smallest absolute Gasteiger partial charge is 0.295 e. The normalized spacial score (nSPS) is 10.1. The number of carbonyl (C=O) groups excluding carboxylic acids is 1. The van der Waals surface area contributed by atoms with E-state index in [9.17, 15) is 14.4 Å². The van der Waals surface area contributed by atoms with Crippen LogP contribution >= 0.6 is 0 Å². The molecule has 1 aromatic heterocycles. The molecule has 0 saturated heterocycles. The van der Waals surface area contributed by atoms with Crippen molar-refractivity contribution in [3.8, 4) is 6.07 Å². The lowest BCUT2D eigenvalue weighted by Gasteiger charge is -2.10. The second-order valence-electron chi connectivity index (χ2n) is 4.64. The standard InChI is InChI=1S/C15H13N3O3/c1-10(19)13-9-18(15(21)17(2)14(13)20)8-12-6-4-3-5-11(12)7-16/h3-6,9H,8H2,1-2H3. The van der Waals surface area contributed by atoms with Crippen molar-refractivity contribution in [2.45, 2.75) is 13.5 Å². The number of hydrogen-bond donors (Lipinski definition) is 0. The van der Waals surface area contributed by atoms with Crippen LogP contribution < -0.4 is 11.2 Å². The van der Waals surface area contributed by atoms with Gasteiger partial charge >= 0.3 is 5.69 Å². The van der Waals surface area contributed by atoms with Gasteiger partial charge in [-0.3, -0.25) is 18.7 Å². The molecular formula is C15H13N3O3. The van der Waals surface area contributed by atoms with Crippen molar-refractivity contribution in [3.63, 3.8) is 0 Å². The first kappa shape index (κ1) is 14.5. The first-order valence-electron chi connectivity index (χ1n) is 6.25. The van der Waals surface area contributed by atoms with E-state index in [1.165, 1.54) is 24.7 Å². The van der Waals surface area contributed by atoms with Crippen LogP contribution in [0, 0.1) is 11.3 Å². The summed E-state index contributed by atoms with van der Waals surface area (Å²) in [6.45, 7) is 1.39. The van der Waals surface area contributed by atoms with Crippen molar-refractivity contribution in [2.75, 3.05) is 0 Å². The van der Waals surface area contributed by atoms with Crippen LogP contribution in [0.15, 0.2) is 40.1 Å². The number of ketones is 1. The Labute approximate surface area is 120 Å². The molecule has 0 unspecified atom stereocenters. The Morgan fingerprint density at radius 3 is 2.57 bits per heavy atom. The molecule has 0 radical (unpaired) electrons. The minimum absolute atomic E-state index is 0.0495.